The number of amides is 2. The van der Waals surface area contributed by atoms with Gasteiger partial charge in [0.25, 0.3) is 0 Å². The average Bonchev–Trinajstić information content (AvgIpc) is 3.17. The normalized spacial score (nSPS) is 22.0. The third-order valence-electron chi connectivity index (χ3n) is 6.70. The minimum atomic E-state index is -1.01. The van der Waals surface area contributed by atoms with Crippen LogP contribution < -0.4 is 14.4 Å². The summed E-state index contributed by atoms with van der Waals surface area (Å²) in [6, 6.07) is 10.2. The summed E-state index contributed by atoms with van der Waals surface area (Å²) in [6.45, 7) is 7.10. The first-order chi connectivity index (χ1) is 18.0. The molecule has 2 saturated heterocycles. The lowest BCUT2D eigenvalue weighted by Gasteiger charge is -2.34. The molecule has 8 nitrogen and oxygen atoms in total. The molecule has 0 saturated carbocycles. The molecule has 38 heavy (non-hydrogen) atoms. The predicted octanol–water partition coefficient (Wildman–Crippen LogP) is 5.87. The molecule has 10 heteroatoms. The first kappa shape index (κ1) is 28.3. The highest BCUT2D eigenvalue weighted by molar-refractivity contribution is 6.42. The summed E-state index contributed by atoms with van der Waals surface area (Å²) in [5.74, 6) is 0.287. The molecule has 0 aromatic heterocycles. The van der Waals surface area contributed by atoms with Gasteiger partial charge in [-0.05, 0) is 63.4 Å². The zero-order valence-electron chi connectivity index (χ0n) is 22.1. The maximum absolute atomic E-state index is 13.4. The average molecular weight is 565 g/mol. The Labute approximate surface area is 233 Å². The second kappa shape index (κ2) is 11.6. The number of benzene rings is 2. The maximum Gasteiger partial charge on any atom is 0.410 e. The Morgan fingerprint density at radius 3 is 2.55 bits per heavy atom. The summed E-state index contributed by atoms with van der Waals surface area (Å²) < 4.78 is 17.2. The number of rotatable bonds is 6. The van der Waals surface area contributed by atoms with Gasteiger partial charge in [0, 0.05) is 31.5 Å². The number of ether oxygens (including phenoxy) is 3. The van der Waals surface area contributed by atoms with E-state index < -0.39 is 17.7 Å². The minimum Gasteiger partial charge on any atom is -0.493 e. The van der Waals surface area contributed by atoms with Crippen molar-refractivity contribution in [3.63, 3.8) is 0 Å². The predicted molar refractivity (Wildman–Crippen MR) is 146 cm³/mol. The van der Waals surface area contributed by atoms with Crippen molar-refractivity contribution in [1.29, 1.82) is 0 Å². The smallest absolute Gasteiger partial charge is 0.410 e. The highest BCUT2D eigenvalue weighted by Crippen LogP contribution is 2.40. The number of carbonyl (C=O) groups is 2. The van der Waals surface area contributed by atoms with Crippen LogP contribution in [-0.4, -0.2) is 60.6 Å². The van der Waals surface area contributed by atoms with E-state index in [1.165, 1.54) is 4.90 Å². The van der Waals surface area contributed by atoms with Gasteiger partial charge in [-0.15, -0.1) is 0 Å². The zero-order valence-corrected chi connectivity index (χ0v) is 23.6. The van der Waals surface area contributed by atoms with Crippen molar-refractivity contribution in [3.8, 4) is 11.5 Å². The summed E-state index contributed by atoms with van der Waals surface area (Å²) in [7, 11) is 1.54. The molecule has 2 aromatic rings. The van der Waals surface area contributed by atoms with Gasteiger partial charge in [-0.3, -0.25) is 9.69 Å². The van der Waals surface area contributed by atoms with E-state index in [2.05, 4.69) is 0 Å². The highest BCUT2D eigenvalue weighted by Gasteiger charge is 2.41. The Bertz CT molecular complexity index is 1180. The van der Waals surface area contributed by atoms with Gasteiger partial charge >= 0.3 is 6.09 Å². The Kier molecular flexibility index (Phi) is 8.65. The van der Waals surface area contributed by atoms with Crippen LogP contribution in [0.4, 0.5) is 10.5 Å². The van der Waals surface area contributed by atoms with Crippen LogP contribution in [0.25, 0.3) is 0 Å². The Morgan fingerprint density at radius 1 is 1.11 bits per heavy atom. The number of aliphatic hydroxyl groups excluding tert-OH is 1. The third kappa shape index (κ3) is 6.47. The van der Waals surface area contributed by atoms with E-state index in [0.29, 0.717) is 52.5 Å². The summed E-state index contributed by atoms with van der Waals surface area (Å²) >= 11 is 12.2. The third-order valence-corrected chi connectivity index (χ3v) is 7.44. The molecule has 3 unspecified atom stereocenters. The number of piperidine rings is 1. The fourth-order valence-electron chi connectivity index (χ4n) is 4.87. The Hall–Kier alpha value is -2.68. The number of anilines is 1. The van der Waals surface area contributed by atoms with Crippen LogP contribution in [0.1, 0.15) is 51.5 Å². The van der Waals surface area contributed by atoms with Crippen molar-refractivity contribution in [2.24, 2.45) is 5.92 Å². The molecule has 206 valence electrons. The van der Waals surface area contributed by atoms with Crippen molar-refractivity contribution in [1.82, 2.24) is 4.90 Å². The maximum atomic E-state index is 13.4. The molecule has 2 heterocycles. The fourth-order valence-corrected chi connectivity index (χ4v) is 5.17. The number of nitrogens with zero attached hydrogens (tertiary/aromatic N) is 2. The van der Waals surface area contributed by atoms with Crippen LogP contribution in [0, 0.1) is 5.92 Å². The van der Waals surface area contributed by atoms with E-state index in [1.807, 2.05) is 20.8 Å². The number of methoxy groups -OCH3 is 1. The molecule has 2 aliphatic rings. The van der Waals surface area contributed by atoms with E-state index >= 15 is 0 Å². The number of hydrogen-bond acceptors (Lipinski definition) is 6. The number of likely N-dealkylation sites (tertiary alicyclic amines) is 1. The van der Waals surface area contributed by atoms with Gasteiger partial charge in [0.2, 0.25) is 5.91 Å². The Balaban J connectivity index is 1.46. The molecule has 0 radical (unpaired) electrons. The standard InChI is InChI=1S/C28H34Cl2N2O6/c1-28(2,3)38-27(35)31-11-5-6-17(15-31)16-37-24-13-19(8-10-23(24)36-4)32-25(33)14-20(26(32)34)18-7-9-21(29)22(30)12-18/h7-10,12-13,17,20,25,33H,5-6,11,14-16H2,1-4H3. The number of hydrogen-bond donors (Lipinski definition) is 1. The van der Waals surface area contributed by atoms with Crippen molar-refractivity contribution >= 4 is 40.9 Å². The van der Waals surface area contributed by atoms with Gasteiger partial charge in [-0.1, -0.05) is 29.3 Å². The molecular weight excluding hydrogens is 531 g/mol. The van der Waals surface area contributed by atoms with Crippen molar-refractivity contribution < 1.29 is 28.9 Å². The molecule has 2 amide bonds. The fraction of sp³-hybridized carbons (Fsp3) is 0.500. The van der Waals surface area contributed by atoms with Crippen LogP contribution in [0.5, 0.6) is 11.5 Å². The monoisotopic (exact) mass is 564 g/mol. The molecule has 3 atom stereocenters. The molecule has 2 aromatic carbocycles. The van der Waals surface area contributed by atoms with E-state index in [0.717, 1.165) is 12.8 Å². The van der Waals surface area contributed by atoms with Crippen LogP contribution in [0.15, 0.2) is 36.4 Å². The van der Waals surface area contributed by atoms with Gasteiger partial charge in [0.15, 0.2) is 11.5 Å². The summed E-state index contributed by atoms with van der Waals surface area (Å²) in [4.78, 5) is 29.0. The summed E-state index contributed by atoms with van der Waals surface area (Å²) in [5.41, 5.74) is 0.646. The molecule has 4 rings (SSSR count). The highest BCUT2D eigenvalue weighted by atomic mass is 35.5. The first-order valence-electron chi connectivity index (χ1n) is 12.7. The molecular formula is C28H34Cl2N2O6. The molecule has 1 N–H and O–H groups in total. The van der Waals surface area contributed by atoms with Gasteiger partial charge in [-0.2, -0.15) is 0 Å². The van der Waals surface area contributed by atoms with E-state index in [-0.39, 0.29) is 24.3 Å². The second-order valence-electron chi connectivity index (χ2n) is 10.7. The minimum absolute atomic E-state index is 0.114. The van der Waals surface area contributed by atoms with Crippen molar-refractivity contribution in [2.45, 2.75) is 57.8 Å². The van der Waals surface area contributed by atoms with Crippen molar-refractivity contribution in [3.05, 3.63) is 52.0 Å². The zero-order chi connectivity index (χ0) is 27.6. The van der Waals surface area contributed by atoms with Gasteiger partial charge in [-0.25, -0.2) is 4.79 Å². The first-order valence-corrected chi connectivity index (χ1v) is 13.5. The van der Waals surface area contributed by atoms with Gasteiger partial charge in [0.05, 0.1) is 35.4 Å². The van der Waals surface area contributed by atoms with E-state index in [9.17, 15) is 14.7 Å². The van der Waals surface area contributed by atoms with Crippen LogP contribution in [-0.2, 0) is 9.53 Å². The van der Waals surface area contributed by atoms with E-state index in [4.69, 9.17) is 37.4 Å². The van der Waals surface area contributed by atoms with Crippen LogP contribution in [0.3, 0.4) is 0 Å². The molecule has 0 aliphatic carbocycles. The SMILES string of the molecule is COc1ccc(N2C(=O)C(c3ccc(Cl)c(Cl)c3)CC2O)cc1OCC1CCCN(C(=O)OC(C)(C)C)C1. The van der Waals surface area contributed by atoms with Gasteiger partial charge < -0.3 is 24.2 Å². The Morgan fingerprint density at radius 2 is 1.87 bits per heavy atom. The number of carbonyl (C=O) groups excluding carboxylic acids is 2. The molecule has 2 fully saturated rings. The molecule has 0 bridgehead atoms. The lowest BCUT2D eigenvalue weighted by Crippen LogP contribution is -2.44. The van der Waals surface area contributed by atoms with Crippen molar-refractivity contribution in [2.75, 3.05) is 31.7 Å². The van der Waals surface area contributed by atoms with Crippen LogP contribution in [0.2, 0.25) is 10.0 Å². The molecule has 0 spiro atoms. The molecule has 2 aliphatic heterocycles. The summed E-state index contributed by atoms with van der Waals surface area (Å²) in [5, 5.41) is 11.6. The van der Waals surface area contributed by atoms with E-state index in [1.54, 1.807) is 48.4 Å². The number of halogens is 2. The lowest BCUT2D eigenvalue weighted by molar-refractivity contribution is -0.118. The quantitative estimate of drug-likeness (QED) is 0.472. The van der Waals surface area contributed by atoms with Crippen LogP contribution >= 0.6 is 23.2 Å². The lowest BCUT2D eigenvalue weighted by atomic mass is 9.97. The van der Waals surface area contributed by atoms with Gasteiger partial charge in [0.1, 0.15) is 11.8 Å². The second-order valence-corrected chi connectivity index (χ2v) is 11.5. The summed E-state index contributed by atoms with van der Waals surface area (Å²) in [6.07, 6.45) is 0.663. The number of aliphatic hydroxyl groups is 1. The topological polar surface area (TPSA) is 88.5 Å². The largest absolute Gasteiger partial charge is 0.493 e.